The van der Waals surface area contributed by atoms with Crippen LogP contribution in [0.5, 0.6) is 5.75 Å². The van der Waals surface area contributed by atoms with Gasteiger partial charge in [-0.05, 0) is 58.6 Å². The molecule has 3 nitrogen and oxygen atoms in total. The zero-order chi connectivity index (χ0) is 17.9. The van der Waals surface area contributed by atoms with Crippen LogP contribution in [-0.4, -0.2) is 11.1 Å². The third kappa shape index (κ3) is 5.12. The summed E-state index contributed by atoms with van der Waals surface area (Å²) < 4.78 is 6.20. The molecule has 0 aliphatic heterocycles. The van der Waals surface area contributed by atoms with E-state index < -0.39 is 0 Å². The molecule has 4 heteroatoms. The van der Waals surface area contributed by atoms with Crippen LogP contribution in [0.4, 0.5) is 11.5 Å². The van der Waals surface area contributed by atoms with Crippen LogP contribution < -0.4 is 10.1 Å². The Morgan fingerprint density at radius 1 is 0.960 bits per heavy atom. The predicted molar refractivity (Wildman–Crippen MR) is 110 cm³/mol. The van der Waals surface area contributed by atoms with Crippen molar-refractivity contribution in [3.63, 3.8) is 0 Å². The molecule has 138 valence electrons. The van der Waals surface area contributed by atoms with Gasteiger partial charge in [0.15, 0.2) is 0 Å². The van der Waals surface area contributed by atoms with Gasteiger partial charge in [-0.25, -0.2) is 4.98 Å². The van der Waals surface area contributed by atoms with E-state index in [4.69, 9.17) is 9.72 Å². The van der Waals surface area contributed by atoms with Gasteiger partial charge in [0.25, 0.3) is 0 Å². The molecule has 0 atom stereocenters. The van der Waals surface area contributed by atoms with Gasteiger partial charge in [-0.2, -0.15) is 0 Å². The van der Waals surface area contributed by atoms with Gasteiger partial charge in [-0.15, -0.1) is 12.4 Å². The molecular weight excluding hydrogens is 332 g/mol. The quantitative estimate of drug-likeness (QED) is 0.649. The summed E-state index contributed by atoms with van der Waals surface area (Å²) >= 11 is 0. The molecule has 0 fully saturated rings. The fraction of sp³-hybridized carbons (Fsp3) is 0.476. The maximum atomic E-state index is 6.20. The lowest BCUT2D eigenvalue weighted by Gasteiger charge is -2.21. The highest BCUT2D eigenvalue weighted by atomic mass is 35.5. The number of anilines is 2. The van der Waals surface area contributed by atoms with Crippen molar-refractivity contribution in [2.24, 2.45) is 0 Å². The molecule has 0 aliphatic carbocycles. The highest BCUT2D eigenvalue weighted by Gasteiger charge is 2.14. The Morgan fingerprint density at radius 3 is 2.04 bits per heavy atom. The van der Waals surface area contributed by atoms with E-state index in [2.05, 4.69) is 59.0 Å². The first-order chi connectivity index (χ1) is 11.3. The van der Waals surface area contributed by atoms with Crippen molar-refractivity contribution in [2.75, 3.05) is 5.32 Å². The number of nitrogens with zero attached hydrogens (tertiary/aromatic N) is 1. The minimum atomic E-state index is 0. The van der Waals surface area contributed by atoms with Gasteiger partial charge in [0.05, 0.1) is 6.10 Å². The highest BCUT2D eigenvalue weighted by molar-refractivity contribution is 5.85. The molecule has 0 unspecified atom stereocenters. The second-order valence-electron chi connectivity index (χ2n) is 6.69. The Bertz CT molecular complexity index is 701. The lowest BCUT2D eigenvalue weighted by molar-refractivity contribution is 0.191. The first-order valence-corrected chi connectivity index (χ1v) is 8.85. The molecule has 1 heterocycles. The molecule has 0 amide bonds. The van der Waals surface area contributed by atoms with E-state index in [1.807, 2.05) is 13.0 Å². The maximum Gasteiger partial charge on any atom is 0.137 e. The van der Waals surface area contributed by atoms with E-state index in [0.29, 0.717) is 0 Å². The molecule has 0 bridgehead atoms. The molecule has 0 aliphatic rings. The average molecular weight is 363 g/mol. The van der Waals surface area contributed by atoms with E-state index in [9.17, 15) is 0 Å². The lowest BCUT2D eigenvalue weighted by Crippen LogP contribution is -2.15. The largest absolute Gasteiger partial charge is 0.490 e. The van der Waals surface area contributed by atoms with Crippen LogP contribution in [0.3, 0.4) is 0 Å². The standard InChI is InChI=1S/C21H30N2O.ClH/c1-8-18(9-2)24-19-12-16(6)22-21(17(19)7)23-20-14(4)10-13(3)11-15(20)5;/h10-12,18H,8-9H2,1-7H3,(H,22,23);1H. The predicted octanol–water partition coefficient (Wildman–Crippen LogP) is 6.36. The average Bonchev–Trinajstić information content (AvgIpc) is 2.52. The molecule has 1 aromatic carbocycles. The smallest absolute Gasteiger partial charge is 0.137 e. The number of benzene rings is 1. The molecule has 0 radical (unpaired) electrons. The van der Waals surface area contributed by atoms with Gasteiger partial charge in [0, 0.05) is 23.0 Å². The molecule has 0 saturated heterocycles. The van der Waals surface area contributed by atoms with E-state index >= 15 is 0 Å². The Hall–Kier alpha value is -1.74. The Kier molecular flexibility index (Phi) is 7.75. The molecule has 0 spiro atoms. The second-order valence-corrected chi connectivity index (χ2v) is 6.69. The summed E-state index contributed by atoms with van der Waals surface area (Å²) in [4.78, 5) is 4.70. The summed E-state index contributed by atoms with van der Waals surface area (Å²) in [7, 11) is 0. The number of halogens is 1. The normalized spacial score (nSPS) is 10.6. The zero-order valence-corrected chi connectivity index (χ0v) is 17.3. The summed E-state index contributed by atoms with van der Waals surface area (Å²) in [5, 5.41) is 3.54. The fourth-order valence-electron chi connectivity index (χ4n) is 3.08. The van der Waals surface area contributed by atoms with Gasteiger partial charge in [-0.1, -0.05) is 31.5 Å². The van der Waals surface area contributed by atoms with Crippen LogP contribution in [-0.2, 0) is 0 Å². The van der Waals surface area contributed by atoms with Gasteiger partial charge in [0.1, 0.15) is 11.6 Å². The highest BCUT2D eigenvalue weighted by Crippen LogP contribution is 2.31. The fourth-order valence-corrected chi connectivity index (χ4v) is 3.08. The first-order valence-electron chi connectivity index (χ1n) is 8.85. The van der Waals surface area contributed by atoms with Crippen LogP contribution in [0, 0.1) is 34.6 Å². The Balaban J connectivity index is 0.00000312. The summed E-state index contributed by atoms with van der Waals surface area (Å²) in [5.74, 6) is 1.81. The van der Waals surface area contributed by atoms with Crippen LogP contribution in [0.25, 0.3) is 0 Å². The summed E-state index contributed by atoms with van der Waals surface area (Å²) in [6.07, 6.45) is 2.27. The number of rotatable bonds is 6. The van der Waals surface area contributed by atoms with Crippen molar-refractivity contribution >= 4 is 23.9 Å². The van der Waals surface area contributed by atoms with Crippen molar-refractivity contribution in [2.45, 2.75) is 67.4 Å². The van der Waals surface area contributed by atoms with Gasteiger partial charge in [0.2, 0.25) is 0 Å². The van der Waals surface area contributed by atoms with Gasteiger partial charge < -0.3 is 10.1 Å². The third-order valence-electron chi connectivity index (χ3n) is 4.48. The van der Waals surface area contributed by atoms with Crippen molar-refractivity contribution < 1.29 is 4.74 Å². The topological polar surface area (TPSA) is 34.1 Å². The second kappa shape index (κ2) is 9.10. The lowest BCUT2D eigenvalue weighted by atomic mass is 10.0. The number of nitrogens with one attached hydrogen (secondary N) is 1. The van der Waals surface area contributed by atoms with Crippen molar-refractivity contribution in [3.05, 3.63) is 46.1 Å². The van der Waals surface area contributed by atoms with Crippen molar-refractivity contribution in [3.8, 4) is 5.75 Å². The molecule has 2 rings (SSSR count). The molecule has 1 N–H and O–H groups in total. The van der Waals surface area contributed by atoms with E-state index in [-0.39, 0.29) is 18.5 Å². The van der Waals surface area contributed by atoms with Gasteiger partial charge >= 0.3 is 0 Å². The third-order valence-corrected chi connectivity index (χ3v) is 4.48. The molecular formula is C21H31ClN2O. The van der Waals surface area contributed by atoms with E-state index in [0.717, 1.165) is 41.4 Å². The summed E-state index contributed by atoms with van der Waals surface area (Å²) in [6, 6.07) is 6.43. The SMILES string of the molecule is CCC(CC)Oc1cc(C)nc(Nc2c(C)cc(C)cc2C)c1C.Cl. The molecule has 2 aromatic rings. The minimum absolute atomic E-state index is 0. The van der Waals surface area contributed by atoms with Crippen LogP contribution >= 0.6 is 12.4 Å². The van der Waals surface area contributed by atoms with Crippen LogP contribution in [0.1, 0.15) is 54.6 Å². The van der Waals surface area contributed by atoms with E-state index in [1.54, 1.807) is 0 Å². The first kappa shape index (κ1) is 21.3. The minimum Gasteiger partial charge on any atom is -0.490 e. The monoisotopic (exact) mass is 362 g/mol. The number of aryl methyl sites for hydroxylation is 4. The number of aromatic nitrogens is 1. The van der Waals surface area contributed by atoms with Crippen molar-refractivity contribution in [1.29, 1.82) is 0 Å². The molecule has 25 heavy (non-hydrogen) atoms. The summed E-state index contributed by atoms with van der Waals surface area (Å²) in [6.45, 7) is 14.8. The van der Waals surface area contributed by atoms with Crippen molar-refractivity contribution in [1.82, 2.24) is 4.98 Å². The van der Waals surface area contributed by atoms with Gasteiger partial charge in [-0.3, -0.25) is 0 Å². The Morgan fingerprint density at radius 2 is 1.52 bits per heavy atom. The molecule has 1 aromatic heterocycles. The number of hydrogen-bond acceptors (Lipinski definition) is 3. The summed E-state index contributed by atoms with van der Waals surface area (Å²) in [5.41, 5.74) is 6.91. The maximum absolute atomic E-state index is 6.20. The molecule has 0 saturated carbocycles. The number of hydrogen-bond donors (Lipinski definition) is 1. The van der Waals surface area contributed by atoms with Crippen LogP contribution in [0.15, 0.2) is 18.2 Å². The van der Waals surface area contributed by atoms with Crippen LogP contribution in [0.2, 0.25) is 0 Å². The van der Waals surface area contributed by atoms with E-state index in [1.165, 1.54) is 16.7 Å². The Labute approximate surface area is 158 Å². The zero-order valence-electron chi connectivity index (χ0n) is 16.5. The number of ether oxygens (including phenoxy) is 1. The number of pyridine rings is 1.